The molecule has 0 aromatic carbocycles. The van der Waals surface area contributed by atoms with Crippen LogP contribution >= 0.6 is 11.8 Å². The first-order valence-electron chi connectivity index (χ1n) is 5.42. The van der Waals surface area contributed by atoms with Crippen molar-refractivity contribution in [3.8, 4) is 0 Å². The Labute approximate surface area is 101 Å². The number of hydrogen-bond acceptors (Lipinski definition) is 4. The van der Waals surface area contributed by atoms with E-state index in [0.717, 1.165) is 23.0 Å². The molecule has 0 radical (unpaired) electrons. The summed E-state index contributed by atoms with van der Waals surface area (Å²) in [6.45, 7) is 7.78. The van der Waals surface area contributed by atoms with Gasteiger partial charge in [0.25, 0.3) is 0 Å². The highest BCUT2D eigenvalue weighted by Crippen LogP contribution is 2.13. The summed E-state index contributed by atoms with van der Waals surface area (Å²) < 4.78 is 0. The van der Waals surface area contributed by atoms with Gasteiger partial charge >= 0.3 is 0 Å². The van der Waals surface area contributed by atoms with Gasteiger partial charge in [-0.2, -0.15) is 11.8 Å². The number of Topliss-reactive ketones (excluding diaryl/α,β-unsaturated/α-hetero) is 1. The molecular formula is C12H18N2OS. The first kappa shape index (κ1) is 13.2. The lowest BCUT2D eigenvalue weighted by Crippen LogP contribution is -2.04. The molecule has 0 fully saturated rings. The Morgan fingerprint density at radius 2 is 2.19 bits per heavy atom. The lowest BCUT2D eigenvalue weighted by Gasteiger charge is -2.05. The summed E-state index contributed by atoms with van der Waals surface area (Å²) in [4.78, 5) is 19.7. The zero-order valence-electron chi connectivity index (χ0n) is 10.3. The van der Waals surface area contributed by atoms with Crippen LogP contribution in [0.3, 0.4) is 0 Å². The molecule has 0 bridgehead atoms. The van der Waals surface area contributed by atoms with Crippen LogP contribution in [0.4, 0.5) is 0 Å². The summed E-state index contributed by atoms with van der Waals surface area (Å²) in [5.74, 6) is 3.45. The van der Waals surface area contributed by atoms with E-state index in [4.69, 9.17) is 0 Å². The second-order valence-corrected chi connectivity index (χ2v) is 5.28. The maximum absolute atomic E-state index is 11.2. The van der Waals surface area contributed by atoms with Crippen molar-refractivity contribution < 1.29 is 4.79 Å². The largest absolute Gasteiger partial charge is 0.294 e. The summed E-state index contributed by atoms with van der Waals surface area (Å²) in [5, 5.41) is 0. The number of carbonyl (C=O) groups excluding carboxylic acids is 1. The average Bonchev–Trinajstić information content (AvgIpc) is 2.16. The van der Waals surface area contributed by atoms with Gasteiger partial charge in [0.2, 0.25) is 0 Å². The van der Waals surface area contributed by atoms with Gasteiger partial charge < -0.3 is 0 Å². The maximum atomic E-state index is 11.2. The van der Waals surface area contributed by atoms with Crippen LogP contribution in [-0.4, -0.2) is 21.5 Å². The number of thioether (sulfide) groups is 1. The fraction of sp³-hybridized carbons (Fsp3) is 0.583. The second kappa shape index (κ2) is 5.99. The second-order valence-electron chi connectivity index (χ2n) is 4.25. The van der Waals surface area contributed by atoms with Gasteiger partial charge in [0.05, 0.1) is 17.0 Å². The van der Waals surface area contributed by atoms with E-state index in [1.807, 2.05) is 18.7 Å². The highest BCUT2D eigenvalue weighted by atomic mass is 32.2. The summed E-state index contributed by atoms with van der Waals surface area (Å²) in [5.41, 5.74) is 1.40. The van der Waals surface area contributed by atoms with Gasteiger partial charge in [0, 0.05) is 6.20 Å². The van der Waals surface area contributed by atoms with Crippen LogP contribution in [-0.2, 0) is 5.75 Å². The molecule has 3 nitrogen and oxygen atoms in total. The van der Waals surface area contributed by atoms with E-state index in [1.54, 1.807) is 13.1 Å². The molecule has 1 aromatic rings. The van der Waals surface area contributed by atoms with Crippen molar-refractivity contribution in [2.24, 2.45) is 5.92 Å². The topological polar surface area (TPSA) is 42.9 Å². The minimum atomic E-state index is 0.0267. The van der Waals surface area contributed by atoms with Crippen molar-refractivity contribution in [2.45, 2.75) is 33.4 Å². The van der Waals surface area contributed by atoms with Crippen molar-refractivity contribution in [3.05, 3.63) is 23.3 Å². The van der Waals surface area contributed by atoms with E-state index < -0.39 is 0 Å². The molecule has 0 spiro atoms. The van der Waals surface area contributed by atoms with Crippen molar-refractivity contribution in [1.82, 2.24) is 9.97 Å². The van der Waals surface area contributed by atoms with E-state index in [0.29, 0.717) is 11.5 Å². The van der Waals surface area contributed by atoms with E-state index >= 15 is 0 Å². The number of aromatic nitrogens is 2. The monoisotopic (exact) mass is 238 g/mol. The summed E-state index contributed by atoms with van der Waals surface area (Å²) in [6.07, 6.45) is 1.63. The average molecular weight is 238 g/mol. The third-order valence-electron chi connectivity index (χ3n) is 2.09. The van der Waals surface area contributed by atoms with Crippen LogP contribution in [0.15, 0.2) is 6.20 Å². The zero-order valence-corrected chi connectivity index (χ0v) is 11.1. The molecule has 4 heteroatoms. The van der Waals surface area contributed by atoms with E-state index in [-0.39, 0.29) is 5.78 Å². The SMILES string of the molecule is CC(=O)c1cnc(CSCC(C)C)nc1C. The van der Waals surface area contributed by atoms with Crippen LogP contribution in [0.25, 0.3) is 0 Å². The minimum Gasteiger partial charge on any atom is -0.294 e. The Bertz CT molecular complexity index is 377. The molecule has 0 saturated heterocycles. The molecule has 1 aromatic heterocycles. The van der Waals surface area contributed by atoms with Crippen molar-refractivity contribution in [3.63, 3.8) is 0 Å². The molecule has 0 unspecified atom stereocenters. The van der Waals surface area contributed by atoms with Gasteiger partial charge in [-0.15, -0.1) is 0 Å². The molecule has 0 N–H and O–H groups in total. The Balaban J connectivity index is 2.63. The van der Waals surface area contributed by atoms with Crippen LogP contribution in [0.5, 0.6) is 0 Å². The molecule has 0 aliphatic rings. The number of ketones is 1. The molecule has 0 saturated carbocycles. The molecule has 0 aliphatic heterocycles. The molecule has 0 atom stereocenters. The van der Waals surface area contributed by atoms with Crippen molar-refractivity contribution >= 4 is 17.5 Å². The predicted octanol–water partition coefficient (Wildman–Crippen LogP) is 2.88. The highest BCUT2D eigenvalue weighted by molar-refractivity contribution is 7.98. The maximum Gasteiger partial charge on any atom is 0.163 e. The third kappa shape index (κ3) is 3.93. The van der Waals surface area contributed by atoms with Gasteiger partial charge in [-0.25, -0.2) is 9.97 Å². The Morgan fingerprint density at radius 1 is 1.50 bits per heavy atom. The van der Waals surface area contributed by atoms with Crippen molar-refractivity contribution in [1.29, 1.82) is 0 Å². The fourth-order valence-corrected chi connectivity index (χ4v) is 2.23. The van der Waals surface area contributed by atoms with Gasteiger partial charge in [-0.05, 0) is 25.5 Å². The number of rotatable bonds is 5. The van der Waals surface area contributed by atoms with E-state index in [2.05, 4.69) is 23.8 Å². The Morgan fingerprint density at radius 3 is 2.69 bits per heavy atom. The van der Waals surface area contributed by atoms with Crippen LogP contribution < -0.4 is 0 Å². The summed E-state index contributed by atoms with van der Waals surface area (Å²) in [6, 6.07) is 0. The van der Waals surface area contributed by atoms with Gasteiger partial charge in [0.1, 0.15) is 5.82 Å². The molecular weight excluding hydrogens is 220 g/mol. The van der Waals surface area contributed by atoms with Gasteiger partial charge in [-0.3, -0.25) is 4.79 Å². The Kier molecular flexibility index (Phi) is 4.93. The normalized spacial score (nSPS) is 10.8. The molecule has 1 rings (SSSR count). The fourth-order valence-electron chi connectivity index (χ4n) is 1.32. The van der Waals surface area contributed by atoms with E-state index in [9.17, 15) is 4.79 Å². The summed E-state index contributed by atoms with van der Waals surface area (Å²) >= 11 is 1.83. The molecule has 0 amide bonds. The van der Waals surface area contributed by atoms with Crippen molar-refractivity contribution in [2.75, 3.05) is 5.75 Å². The van der Waals surface area contributed by atoms with Crippen LogP contribution in [0.1, 0.15) is 42.6 Å². The zero-order chi connectivity index (χ0) is 12.1. The number of hydrogen-bond donors (Lipinski definition) is 0. The van der Waals surface area contributed by atoms with Gasteiger partial charge in [0.15, 0.2) is 5.78 Å². The number of nitrogens with zero attached hydrogens (tertiary/aromatic N) is 2. The quantitative estimate of drug-likeness (QED) is 0.740. The first-order valence-corrected chi connectivity index (χ1v) is 6.57. The minimum absolute atomic E-state index is 0.0267. The smallest absolute Gasteiger partial charge is 0.163 e. The van der Waals surface area contributed by atoms with E-state index in [1.165, 1.54) is 0 Å². The molecule has 16 heavy (non-hydrogen) atoms. The molecule has 1 heterocycles. The molecule has 0 aliphatic carbocycles. The lowest BCUT2D eigenvalue weighted by molar-refractivity contribution is 0.101. The third-order valence-corrected chi connectivity index (χ3v) is 3.46. The standard InChI is InChI=1S/C12H18N2OS/c1-8(2)6-16-7-12-13-5-11(10(4)15)9(3)14-12/h5,8H,6-7H2,1-4H3. The predicted molar refractivity (Wildman–Crippen MR) is 67.8 cm³/mol. The Hall–Kier alpha value is -0.900. The van der Waals surface area contributed by atoms with Gasteiger partial charge in [-0.1, -0.05) is 13.8 Å². The first-order chi connectivity index (χ1) is 7.50. The lowest BCUT2D eigenvalue weighted by atomic mass is 10.2. The van der Waals surface area contributed by atoms with Crippen LogP contribution in [0.2, 0.25) is 0 Å². The summed E-state index contributed by atoms with van der Waals surface area (Å²) in [7, 11) is 0. The highest BCUT2D eigenvalue weighted by Gasteiger charge is 2.07. The van der Waals surface area contributed by atoms with Crippen LogP contribution in [0, 0.1) is 12.8 Å². The molecule has 88 valence electrons. The number of aryl methyl sites for hydroxylation is 1. The number of carbonyl (C=O) groups is 1.